The maximum atomic E-state index is 15.0. The molecular formula is C23H28F3N5. The van der Waals surface area contributed by atoms with Crippen LogP contribution in [-0.4, -0.2) is 47.6 Å². The molecule has 3 heterocycles. The lowest BCUT2D eigenvalue weighted by Crippen LogP contribution is -2.37. The second kappa shape index (κ2) is 8.30. The summed E-state index contributed by atoms with van der Waals surface area (Å²) < 4.78 is 42.3. The zero-order valence-electron chi connectivity index (χ0n) is 17.8. The maximum absolute atomic E-state index is 15.0. The van der Waals surface area contributed by atoms with Crippen LogP contribution in [0.2, 0.25) is 0 Å². The molecule has 5 nitrogen and oxygen atoms in total. The van der Waals surface area contributed by atoms with Crippen molar-refractivity contribution in [1.29, 1.82) is 0 Å². The van der Waals surface area contributed by atoms with E-state index in [0.717, 1.165) is 67.5 Å². The molecule has 0 spiro atoms. The van der Waals surface area contributed by atoms with Crippen LogP contribution >= 0.6 is 0 Å². The summed E-state index contributed by atoms with van der Waals surface area (Å²) in [5.41, 5.74) is 2.03. The van der Waals surface area contributed by atoms with Gasteiger partial charge in [0.15, 0.2) is 11.6 Å². The Kier molecular flexibility index (Phi) is 5.50. The predicted molar refractivity (Wildman–Crippen MR) is 114 cm³/mol. The molecule has 31 heavy (non-hydrogen) atoms. The van der Waals surface area contributed by atoms with Crippen molar-refractivity contribution in [1.82, 2.24) is 14.9 Å². The number of hydrogen-bond acceptors (Lipinski definition) is 5. The third-order valence-electron chi connectivity index (χ3n) is 6.61. The number of alkyl halides is 1. The lowest BCUT2D eigenvalue weighted by molar-refractivity contribution is 0.193. The topological polar surface area (TPSA) is 44.3 Å². The molecule has 2 aromatic rings. The van der Waals surface area contributed by atoms with Crippen LogP contribution in [0.5, 0.6) is 0 Å². The highest BCUT2D eigenvalue weighted by Crippen LogP contribution is 2.38. The third kappa shape index (κ3) is 4.35. The Balaban J connectivity index is 1.33. The first-order valence-electron chi connectivity index (χ1n) is 11.2. The Morgan fingerprint density at radius 3 is 2.52 bits per heavy atom. The van der Waals surface area contributed by atoms with Crippen molar-refractivity contribution in [3.05, 3.63) is 46.8 Å². The molecule has 5 rings (SSSR count). The number of nitrogens with one attached hydrogen (secondary N) is 1. The van der Waals surface area contributed by atoms with Gasteiger partial charge in [0.05, 0.1) is 11.4 Å². The number of anilines is 2. The van der Waals surface area contributed by atoms with Crippen LogP contribution in [-0.2, 0) is 13.0 Å². The summed E-state index contributed by atoms with van der Waals surface area (Å²) in [6.07, 6.45) is 2.92. The van der Waals surface area contributed by atoms with Gasteiger partial charge in [-0.05, 0) is 44.7 Å². The number of nitrogens with zero attached hydrogens (tertiary/aromatic N) is 4. The van der Waals surface area contributed by atoms with Gasteiger partial charge in [-0.25, -0.2) is 23.1 Å². The average Bonchev–Trinajstić information content (AvgIpc) is 3.57. The fraction of sp³-hybridized carbons (Fsp3) is 0.565. The molecule has 0 amide bonds. The molecule has 2 aliphatic heterocycles. The number of likely N-dealkylation sites (N-methyl/N-ethyl adjacent to an activating group) is 1. The summed E-state index contributed by atoms with van der Waals surface area (Å²) in [5, 5.41) is 3.53. The van der Waals surface area contributed by atoms with Gasteiger partial charge >= 0.3 is 0 Å². The van der Waals surface area contributed by atoms with Crippen LogP contribution in [0.3, 0.4) is 0 Å². The Morgan fingerprint density at radius 1 is 1.03 bits per heavy atom. The Labute approximate surface area is 180 Å². The van der Waals surface area contributed by atoms with Crippen LogP contribution in [0.15, 0.2) is 18.2 Å². The maximum Gasteiger partial charge on any atom is 0.172 e. The highest BCUT2D eigenvalue weighted by molar-refractivity contribution is 5.63. The highest BCUT2D eigenvalue weighted by atomic mass is 19.1. The summed E-state index contributed by atoms with van der Waals surface area (Å²) in [7, 11) is 2.09. The molecule has 1 aromatic heterocycles. The molecule has 8 heteroatoms. The van der Waals surface area contributed by atoms with E-state index in [1.54, 1.807) is 0 Å². The van der Waals surface area contributed by atoms with E-state index < -0.39 is 17.8 Å². The fourth-order valence-electron chi connectivity index (χ4n) is 4.57. The Morgan fingerprint density at radius 2 is 1.81 bits per heavy atom. The van der Waals surface area contributed by atoms with Gasteiger partial charge in [-0.2, -0.15) is 0 Å². The van der Waals surface area contributed by atoms with E-state index in [1.807, 2.05) is 0 Å². The van der Waals surface area contributed by atoms with E-state index in [9.17, 15) is 8.78 Å². The first-order chi connectivity index (χ1) is 15.0. The van der Waals surface area contributed by atoms with Crippen LogP contribution in [0, 0.1) is 17.6 Å². The standard InChI is InChI=1S/C23H28F3N5/c1-30-9-8-19-20(13-30)29-23(22(28-19)27-16-3-4-16)31-10-6-14(7-11-31)21(26)17-5-2-15(24)12-18(17)25/h2,5,12,14,16,21H,3-4,6-11,13H2,1H3,(H,27,28). The molecule has 1 atom stereocenters. The second-order valence-corrected chi connectivity index (χ2v) is 9.09. The van der Waals surface area contributed by atoms with Gasteiger partial charge in [0.1, 0.15) is 17.8 Å². The average molecular weight is 432 g/mol. The summed E-state index contributed by atoms with van der Waals surface area (Å²) in [6, 6.07) is 3.57. The molecule has 0 bridgehead atoms. The van der Waals surface area contributed by atoms with Gasteiger partial charge in [0.25, 0.3) is 0 Å². The number of piperidine rings is 1. The van der Waals surface area contributed by atoms with Gasteiger partial charge in [-0.3, -0.25) is 0 Å². The number of halogens is 3. The molecular weight excluding hydrogens is 403 g/mol. The van der Waals surface area contributed by atoms with Gasteiger partial charge in [-0.15, -0.1) is 0 Å². The van der Waals surface area contributed by atoms with Crippen LogP contribution in [0.25, 0.3) is 0 Å². The smallest absolute Gasteiger partial charge is 0.172 e. The molecule has 1 aliphatic carbocycles. The minimum absolute atomic E-state index is 0.0486. The molecule has 1 saturated heterocycles. The van der Waals surface area contributed by atoms with Gasteiger partial charge in [0.2, 0.25) is 0 Å². The Hall–Kier alpha value is -2.35. The molecule has 166 valence electrons. The normalized spacial score (nSPS) is 21.1. The SMILES string of the molecule is CN1CCc2nc(NC3CC3)c(N3CCC(C(F)c4ccc(F)cc4F)CC3)nc2C1. The summed E-state index contributed by atoms with van der Waals surface area (Å²) in [4.78, 5) is 14.3. The highest BCUT2D eigenvalue weighted by Gasteiger charge is 2.32. The molecule has 1 aromatic carbocycles. The molecule has 1 unspecified atom stereocenters. The molecule has 2 fully saturated rings. The van der Waals surface area contributed by atoms with Gasteiger partial charge in [-0.1, -0.05) is 6.07 Å². The van der Waals surface area contributed by atoms with Crippen LogP contribution < -0.4 is 10.2 Å². The van der Waals surface area contributed by atoms with E-state index in [0.29, 0.717) is 32.0 Å². The van der Waals surface area contributed by atoms with Crippen LogP contribution in [0.1, 0.15) is 48.8 Å². The van der Waals surface area contributed by atoms with E-state index in [-0.39, 0.29) is 11.5 Å². The molecule has 3 aliphatic rings. The summed E-state index contributed by atoms with van der Waals surface area (Å²) in [6.45, 7) is 3.03. The minimum Gasteiger partial charge on any atom is -0.364 e. The lowest BCUT2D eigenvalue weighted by Gasteiger charge is -2.36. The zero-order chi connectivity index (χ0) is 21.5. The van der Waals surface area contributed by atoms with Crippen molar-refractivity contribution in [3.63, 3.8) is 0 Å². The van der Waals surface area contributed by atoms with Crippen molar-refractivity contribution < 1.29 is 13.2 Å². The van der Waals surface area contributed by atoms with Crippen LogP contribution in [0.4, 0.5) is 24.8 Å². The number of hydrogen-bond donors (Lipinski definition) is 1. The third-order valence-corrected chi connectivity index (χ3v) is 6.61. The van der Waals surface area contributed by atoms with Crippen molar-refractivity contribution in [2.24, 2.45) is 5.92 Å². The molecule has 1 N–H and O–H groups in total. The first-order valence-corrected chi connectivity index (χ1v) is 11.2. The number of aromatic nitrogens is 2. The monoisotopic (exact) mass is 431 g/mol. The van der Waals surface area contributed by atoms with Crippen molar-refractivity contribution in [3.8, 4) is 0 Å². The Bertz CT molecular complexity index is 956. The molecule has 1 saturated carbocycles. The van der Waals surface area contributed by atoms with Crippen molar-refractivity contribution in [2.75, 3.05) is 36.9 Å². The van der Waals surface area contributed by atoms with Gasteiger partial charge in [0, 0.05) is 50.3 Å². The summed E-state index contributed by atoms with van der Waals surface area (Å²) in [5.74, 6) is -0.104. The zero-order valence-corrected chi connectivity index (χ0v) is 17.8. The van der Waals surface area contributed by atoms with E-state index >= 15 is 4.39 Å². The van der Waals surface area contributed by atoms with E-state index in [2.05, 4.69) is 22.2 Å². The van der Waals surface area contributed by atoms with Crippen molar-refractivity contribution in [2.45, 2.75) is 50.9 Å². The van der Waals surface area contributed by atoms with Gasteiger partial charge < -0.3 is 15.1 Å². The molecule has 0 radical (unpaired) electrons. The lowest BCUT2D eigenvalue weighted by atomic mass is 9.88. The fourth-order valence-corrected chi connectivity index (χ4v) is 4.57. The van der Waals surface area contributed by atoms with E-state index in [1.165, 1.54) is 6.07 Å². The second-order valence-electron chi connectivity index (χ2n) is 9.09. The van der Waals surface area contributed by atoms with Crippen molar-refractivity contribution >= 4 is 11.6 Å². The number of fused-ring (bicyclic) bond motifs is 1. The quantitative estimate of drug-likeness (QED) is 0.767. The minimum atomic E-state index is -1.44. The van der Waals surface area contributed by atoms with E-state index in [4.69, 9.17) is 9.97 Å². The number of benzene rings is 1. The largest absolute Gasteiger partial charge is 0.364 e. The first kappa shape index (κ1) is 20.5. The number of rotatable bonds is 5. The summed E-state index contributed by atoms with van der Waals surface area (Å²) >= 11 is 0. The predicted octanol–water partition coefficient (Wildman–Crippen LogP) is 4.24.